The lowest BCUT2D eigenvalue weighted by molar-refractivity contribution is -0.215. The van der Waals surface area contributed by atoms with Crippen molar-refractivity contribution in [2.45, 2.75) is 12.2 Å². The molecule has 2 aromatic rings. The van der Waals surface area contributed by atoms with Crippen molar-refractivity contribution in [2.24, 2.45) is 7.05 Å². The number of anilines is 1. The first-order chi connectivity index (χ1) is 11.1. The zero-order valence-corrected chi connectivity index (χ0v) is 13.8. The number of methoxy groups -OCH3 is 4. The van der Waals surface area contributed by atoms with Gasteiger partial charge in [0.25, 0.3) is 11.7 Å². The van der Waals surface area contributed by atoms with Crippen LogP contribution in [0.15, 0.2) is 24.3 Å². The number of fused-ring (bicyclic) bond motifs is 3. The SMILES string of the molecule is COC(OC)N1C(=O)C(OC)(OC)c2c1c1ccccc1n2C. The van der Waals surface area contributed by atoms with Gasteiger partial charge < -0.3 is 23.5 Å². The monoisotopic (exact) mass is 320 g/mol. The van der Waals surface area contributed by atoms with Gasteiger partial charge in [0.05, 0.1) is 11.2 Å². The topological polar surface area (TPSA) is 62.2 Å². The van der Waals surface area contributed by atoms with E-state index in [-0.39, 0.29) is 5.91 Å². The molecule has 7 nitrogen and oxygen atoms in total. The minimum absolute atomic E-state index is 0.387. The Hall–Kier alpha value is -1.93. The standard InChI is InChI=1S/C16H20N2O5/c1-17-11-9-7-6-8-10(11)12-13(17)16(22-4,23-5)14(19)18(12)15(20-2)21-3/h6-9,15H,1-5H3. The normalized spacial score (nSPS) is 16.6. The molecule has 0 radical (unpaired) electrons. The molecule has 0 unspecified atom stereocenters. The van der Waals surface area contributed by atoms with Crippen molar-refractivity contribution >= 4 is 22.5 Å². The number of carbonyl (C=O) groups is 1. The number of amides is 1. The number of benzene rings is 1. The van der Waals surface area contributed by atoms with Crippen molar-refractivity contribution in [1.29, 1.82) is 0 Å². The molecule has 3 rings (SSSR count). The Morgan fingerprint density at radius 3 is 2.22 bits per heavy atom. The van der Waals surface area contributed by atoms with Crippen LogP contribution >= 0.6 is 0 Å². The molecule has 0 aliphatic carbocycles. The summed E-state index contributed by atoms with van der Waals surface area (Å²) in [5.41, 5.74) is 2.25. The number of hydrogen-bond acceptors (Lipinski definition) is 5. The maximum Gasteiger partial charge on any atom is 0.298 e. The van der Waals surface area contributed by atoms with Crippen molar-refractivity contribution < 1.29 is 23.7 Å². The Balaban J connectivity index is 2.38. The third-order valence-corrected chi connectivity index (χ3v) is 4.32. The summed E-state index contributed by atoms with van der Waals surface area (Å²) in [7, 11) is 7.72. The first kappa shape index (κ1) is 15.9. The fourth-order valence-corrected chi connectivity index (χ4v) is 3.31. The van der Waals surface area contributed by atoms with Crippen LogP contribution in [-0.4, -0.2) is 45.3 Å². The summed E-state index contributed by atoms with van der Waals surface area (Å²) in [4.78, 5) is 14.5. The van der Waals surface area contributed by atoms with Crippen LogP contribution in [0.2, 0.25) is 0 Å². The van der Waals surface area contributed by atoms with Crippen molar-refractivity contribution in [2.75, 3.05) is 33.3 Å². The third-order valence-electron chi connectivity index (χ3n) is 4.32. The van der Waals surface area contributed by atoms with Crippen LogP contribution in [-0.2, 0) is 36.6 Å². The van der Waals surface area contributed by atoms with Crippen LogP contribution in [0.3, 0.4) is 0 Å². The quantitative estimate of drug-likeness (QED) is 0.782. The summed E-state index contributed by atoms with van der Waals surface area (Å²) in [5.74, 6) is -1.92. The lowest BCUT2D eigenvalue weighted by atomic mass is 10.2. The molecule has 1 amide bonds. The second-order valence-corrected chi connectivity index (χ2v) is 5.25. The van der Waals surface area contributed by atoms with Gasteiger partial charge in [-0.3, -0.25) is 9.69 Å². The van der Waals surface area contributed by atoms with E-state index in [2.05, 4.69) is 0 Å². The van der Waals surface area contributed by atoms with E-state index in [9.17, 15) is 4.79 Å². The van der Waals surface area contributed by atoms with E-state index in [1.165, 1.54) is 33.3 Å². The zero-order chi connectivity index (χ0) is 16.8. The lowest BCUT2D eigenvalue weighted by Crippen LogP contribution is -2.49. The number of hydrogen-bond donors (Lipinski definition) is 0. The van der Waals surface area contributed by atoms with Gasteiger partial charge in [-0.05, 0) is 6.07 Å². The van der Waals surface area contributed by atoms with Crippen LogP contribution in [0.5, 0.6) is 0 Å². The second-order valence-electron chi connectivity index (χ2n) is 5.25. The largest absolute Gasteiger partial charge is 0.341 e. The van der Waals surface area contributed by atoms with Crippen molar-refractivity contribution in [3.8, 4) is 0 Å². The molecule has 0 saturated carbocycles. The van der Waals surface area contributed by atoms with E-state index in [1.807, 2.05) is 35.9 Å². The fraction of sp³-hybridized carbons (Fsp3) is 0.438. The highest BCUT2D eigenvalue weighted by Crippen LogP contribution is 2.49. The molecule has 124 valence electrons. The van der Waals surface area contributed by atoms with Gasteiger partial charge in [-0.2, -0.15) is 0 Å². The number of para-hydroxylation sites is 1. The first-order valence-corrected chi connectivity index (χ1v) is 7.14. The second kappa shape index (κ2) is 5.61. The number of carbonyl (C=O) groups excluding carboxylic acids is 1. The molecular weight excluding hydrogens is 300 g/mol. The molecule has 23 heavy (non-hydrogen) atoms. The predicted molar refractivity (Wildman–Crippen MR) is 83.9 cm³/mol. The van der Waals surface area contributed by atoms with Gasteiger partial charge in [0.1, 0.15) is 5.69 Å². The smallest absolute Gasteiger partial charge is 0.298 e. The van der Waals surface area contributed by atoms with Gasteiger partial charge in [-0.15, -0.1) is 0 Å². The van der Waals surface area contributed by atoms with Gasteiger partial charge in [-0.25, -0.2) is 0 Å². The molecule has 7 heteroatoms. The van der Waals surface area contributed by atoms with Crippen LogP contribution in [0.25, 0.3) is 10.9 Å². The van der Waals surface area contributed by atoms with Gasteiger partial charge in [-0.1, -0.05) is 18.2 Å². The first-order valence-electron chi connectivity index (χ1n) is 7.14. The minimum Gasteiger partial charge on any atom is -0.341 e. The molecule has 1 aromatic carbocycles. The maximum absolute atomic E-state index is 13.1. The molecule has 0 saturated heterocycles. The molecule has 1 aromatic heterocycles. The molecule has 0 N–H and O–H groups in total. The Labute approximate surface area is 134 Å². The van der Waals surface area contributed by atoms with Crippen LogP contribution in [0, 0.1) is 0 Å². The summed E-state index contributed by atoms with van der Waals surface area (Å²) in [6.07, 6.45) is -0.876. The van der Waals surface area contributed by atoms with Crippen LogP contribution in [0.1, 0.15) is 5.69 Å². The van der Waals surface area contributed by atoms with Gasteiger partial charge in [0, 0.05) is 40.9 Å². The molecular formula is C16H20N2O5. The van der Waals surface area contributed by atoms with E-state index < -0.39 is 12.2 Å². The molecule has 0 fully saturated rings. The third kappa shape index (κ3) is 1.88. The summed E-state index contributed by atoms with van der Waals surface area (Å²) in [5, 5.41) is 0.897. The number of nitrogens with zero attached hydrogens (tertiary/aromatic N) is 2. The minimum atomic E-state index is -1.53. The van der Waals surface area contributed by atoms with Crippen molar-refractivity contribution in [3.63, 3.8) is 0 Å². The summed E-state index contributed by atoms with van der Waals surface area (Å²) in [6, 6.07) is 7.77. The Bertz CT molecular complexity index is 746. The van der Waals surface area contributed by atoms with E-state index in [1.54, 1.807) is 0 Å². The number of ether oxygens (including phenoxy) is 4. The predicted octanol–water partition coefficient (Wildman–Crippen LogP) is 1.55. The Morgan fingerprint density at radius 2 is 1.65 bits per heavy atom. The fourth-order valence-electron chi connectivity index (χ4n) is 3.31. The number of rotatable bonds is 5. The van der Waals surface area contributed by atoms with E-state index >= 15 is 0 Å². The molecule has 0 bridgehead atoms. The van der Waals surface area contributed by atoms with Crippen molar-refractivity contribution in [3.05, 3.63) is 30.0 Å². The van der Waals surface area contributed by atoms with E-state index in [4.69, 9.17) is 18.9 Å². The van der Waals surface area contributed by atoms with Gasteiger partial charge >= 0.3 is 0 Å². The van der Waals surface area contributed by atoms with E-state index in [0.717, 1.165) is 10.9 Å². The molecule has 0 spiro atoms. The van der Waals surface area contributed by atoms with Crippen LogP contribution in [0.4, 0.5) is 5.69 Å². The maximum atomic E-state index is 13.1. The molecule has 1 aliphatic heterocycles. The highest BCUT2D eigenvalue weighted by molar-refractivity contribution is 6.14. The lowest BCUT2D eigenvalue weighted by Gasteiger charge is -2.29. The Kier molecular flexibility index (Phi) is 3.89. The van der Waals surface area contributed by atoms with Crippen LogP contribution < -0.4 is 4.90 Å². The molecule has 2 heterocycles. The highest BCUT2D eigenvalue weighted by Gasteiger charge is 2.58. The molecule has 0 atom stereocenters. The van der Waals surface area contributed by atoms with Crippen molar-refractivity contribution in [1.82, 2.24) is 4.57 Å². The number of aryl methyl sites for hydroxylation is 1. The van der Waals surface area contributed by atoms with E-state index in [0.29, 0.717) is 11.4 Å². The average molecular weight is 320 g/mol. The summed E-state index contributed by atoms with van der Waals surface area (Å²) in [6.45, 7) is 0. The summed E-state index contributed by atoms with van der Waals surface area (Å²) >= 11 is 0. The van der Waals surface area contributed by atoms with Gasteiger partial charge in [0.15, 0.2) is 0 Å². The Morgan fingerprint density at radius 1 is 1.04 bits per heavy atom. The average Bonchev–Trinajstić information content (AvgIpc) is 3.01. The highest BCUT2D eigenvalue weighted by atomic mass is 16.7. The molecule has 1 aliphatic rings. The number of aromatic nitrogens is 1. The zero-order valence-electron chi connectivity index (χ0n) is 13.8. The summed E-state index contributed by atoms with van der Waals surface area (Å²) < 4.78 is 23.6. The van der Waals surface area contributed by atoms with Gasteiger partial charge in [0.2, 0.25) is 6.41 Å².